The Balaban J connectivity index is 1.05. The Morgan fingerprint density at radius 2 is 1.58 bits per heavy atom. The van der Waals surface area contributed by atoms with E-state index in [1.165, 1.54) is 11.1 Å². The van der Waals surface area contributed by atoms with Gasteiger partial charge in [-0.1, -0.05) is 85.8 Å². The summed E-state index contributed by atoms with van der Waals surface area (Å²) in [5, 5.41) is 9.87. The van der Waals surface area contributed by atoms with Crippen LogP contribution in [0.15, 0.2) is 84.0 Å². The lowest BCUT2D eigenvalue weighted by Crippen LogP contribution is -2.49. The molecular weight excluding hydrogens is 660 g/mol. The molecule has 1 heterocycles. The Hall–Kier alpha value is -5.23. The third kappa shape index (κ3) is 8.97. The van der Waals surface area contributed by atoms with Crippen molar-refractivity contribution >= 4 is 30.2 Å². The van der Waals surface area contributed by atoms with Crippen LogP contribution >= 0.6 is 0 Å². The first-order chi connectivity index (χ1) is 25.3. The molecule has 1 saturated carbocycles. The first kappa shape index (κ1) is 36.6. The van der Waals surface area contributed by atoms with Crippen LogP contribution in [0.1, 0.15) is 68.1 Å². The van der Waals surface area contributed by atoms with Crippen LogP contribution in [0, 0.1) is 11.8 Å². The summed E-state index contributed by atoms with van der Waals surface area (Å²) in [5.41, 5.74) is 13.4. The van der Waals surface area contributed by atoms with Gasteiger partial charge < -0.3 is 25.8 Å². The summed E-state index contributed by atoms with van der Waals surface area (Å²) in [5.74, 6) is -0.532. The van der Waals surface area contributed by atoms with Crippen molar-refractivity contribution in [2.24, 2.45) is 22.7 Å². The van der Waals surface area contributed by atoms with Crippen LogP contribution in [0.3, 0.4) is 0 Å². The molecule has 0 bridgehead atoms. The molecule has 52 heavy (non-hydrogen) atoms. The van der Waals surface area contributed by atoms with Gasteiger partial charge in [0.25, 0.3) is 0 Å². The third-order valence-electron chi connectivity index (χ3n) is 10.5. The van der Waals surface area contributed by atoms with E-state index in [4.69, 9.17) is 15.2 Å². The number of primary amides is 1. The number of amides is 5. The SMILES string of the molecule is CC[C@@H](/C=N/NC(=O)NCC1CCC(C(N)=O)CC1)NC(=O)[C@@H]1C[C@@H](OCc2ccccc2)CN1C(=O)OCC1c2ccccc2-c2ccccc21. The molecule has 6 rings (SSSR count). The minimum absolute atomic E-state index is 0.0845. The largest absolute Gasteiger partial charge is 0.448 e. The maximum atomic E-state index is 13.8. The summed E-state index contributed by atoms with van der Waals surface area (Å²) in [6.45, 7) is 3.06. The first-order valence-electron chi connectivity index (χ1n) is 18.2. The Bertz CT molecular complexity index is 1700. The molecule has 0 spiro atoms. The molecular formula is C40H48N6O6. The van der Waals surface area contributed by atoms with Gasteiger partial charge in [0.2, 0.25) is 11.8 Å². The number of rotatable bonds is 13. The second kappa shape index (κ2) is 17.3. The van der Waals surface area contributed by atoms with Gasteiger partial charge in [0, 0.05) is 31.0 Å². The average Bonchev–Trinajstić information content (AvgIpc) is 3.75. The van der Waals surface area contributed by atoms with E-state index in [-0.39, 0.29) is 48.8 Å². The topological polar surface area (TPSA) is 164 Å². The van der Waals surface area contributed by atoms with Gasteiger partial charge in [0.05, 0.1) is 25.3 Å². The van der Waals surface area contributed by atoms with Gasteiger partial charge in [-0.25, -0.2) is 15.0 Å². The van der Waals surface area contributed by atoms with Crippen LogP contribution in [-0.2, 0) is 25.7 Å². The molecule has 3 aliphatic rings. The zero-order valence-corrected chi connectivity index (χ0v) is 29.5. The van der Waals surface area contributed by atoms with Crippen molar-refractivity contribution in [3.63, 3.8) is 0 Å². The number of nitrogens with zero attached hydrogens (tertiary/aromatic N) is 2. The maximum absolute atomic E-state index is 13.8. The Kier molecular flexibility index (Phi) is 12.2. The molecule has 0 radical (unpaired) electrons. The smallest absolute Gasteiger partial charge is 0.410 e. The minimum Gasteiger partial charge on any atom is -0.448 e. The van der Waals surface area contributed by atoms with Gasteiger partial charge in [-0.2, -0.15) is 5.10 Å². The van der Waals surface area contributed by atoms with E-state index in [1.54, 1.807) is 0 Å². The van der Waals surface area contributed by atoms with Crippen molar-refractivity contribution in [3.05, 3.63) is 95.6 Å². The average molecular weight is 709 g/mol. The lowest BCUT2D eigenvalue weighted by atomic mass is 9.82. The van der Waals surface area contributed by atoms with E-state index in [1.807, 2.05) is 61.5 Å². The molecule has 1 aliphatic heterocycles. The first-order valence-corrected chi connectivity index (χ1v) is 18.2. The summed E-state index contributed by atoms with van der Waals surface area (Å²) in [6.07, 6.45) is 4.47. The predicted molar refractivity (Wildman–Crippen MR) is 197 cm³/mol. The third-order valence-corrected chi connectivity index (χ3v) is 10.5. The molecule has 3 aromatic rings. The molecule has 2 aliphatic carbocycles. The number of likely N-dealkylation sites (tertiary alicyclic amines) is 1. The number of hydrazone groups is 1. The molecule has 12 nitrogen and oxygen atoms in total. The zero-order valence-electron chi connectivity index (χ0n) is 29.5. The number of carbonyl (C=O) groups is 4. The van der Waals surface area contributed by atoms with E-state index >= 15 is 0 Å². The highest BCUT2D eigenvalue weighted by Gasteiger charge is 2.42. The van der Waals surface area contributed by atoms with Gasteiger partial charge in [-0.05, 0) is 65.8 Å². The molecule has 0 unspecified atom stereocenters. The fourth-order valence-corrected chi connectivity index (χ4v) is 7.47. The van der Waals surface area contributed by atoms with E-state index in [0.717, 1.165) is 53.5 Å². The Morgan fingerprint density at radius 1 is 0.923 bits per heavy atom. The number of ether oxygens (including phenoxy) is 2. The van der Waals surface area contributed by atoms with E-state index in [9.17, 15) is 19.2 Å². The highest BCUT2D eigenvalue weighted by Crippen LogP contribution is 2.44. The molecule has 5 N–H and O–H groups in total. The van der Waals surface area contributed by atoms with Gasteiger partial charge in [0.15, 0.2) is 0 Å². The second-order valence-electron chi connectivity index (χ2n) is 13.9. The maximum Gasteiger partial charge on any atom is 0.410 e. The predicted octanol–water partition coefficient (Wildman–Crippen LogP) is 5.07. The molecule has 5 amide bonds. The monoisotopic (exact) mass is 708 g/mol. The highest BCUT2D eigenvalue weighted by molar-refractivity contribution is 5.89. The quantitative estimate of drug-likeness (QED) is 0.143. The fourth-order valence-electron chi connectivity index (χ4n) is 7.47. The fraction of sp³-hybridized carbons (Fsp3) is 0.425. The van der Waals surface area contributed by atoms with Gasteiger partial charge in [0.1, 0.15) is 12.6 Å². The normalized spacial score (nSPS) is 21.6. The standard InChI is InChI=1S/C40H48N6O6/c1-2-29(22-43-45-39(49)42-21-26-16-18-28(19-17-26)37(41)47)44-38(48)36-20-30(51-24-27-10-4-3-5-11-27)23-46(36)40(50)52-25-35-33-14-8-6-12-31(33)32-13-7-9-15-34(32)35/h3-15,22,26,28-30,35-36H,2,16-21,23-25H2,1H3,(H2,41,47)(H,44,48)(H2,42,45,49)/b43-22+/t26?,28?,29-,30+,36-/m0/s1. The molecule has 1 saturated heterocycles. The van der Waals surface area contributed by atoms with Crippen LogP contribution in [-0.4, -0.2) is 72.9 Å². The van der Waals surface area contributed by atoms with Crippen molar-refractivity contribution in [3.8, 4) is 11.1 Å². The van der Waals surface area contributed by atoms with E-state index < -0.39 is 24.2 Å². The zero-order chi connectivity index (χ0) is 36.5. The number of carbonyl (C=O) groups excluding carboxylic acids is 4. The molecule has 12 heteroatoms. The number of nitrogens with one attached hydrogen (secondary N) is 3. The van der Waals surface area contributed by atoms with Crippen molar-refractivity contribution in [1.82, 2.24) is 21.0 Å². The van der Waals surface area contributed by atoms with Crippen LogP contribution in [0.2, 0.25) is 0 Å². The van der Waals surface area contributed by atoms with Crippen molar-refractivity contribution in [1.29, 1.82) is 0 Å². The van der Waals surface area contributed by atoms with Crippen LogP contribution in [0.5, 0.6) is 0 Å². The summed E-state index contributed by atoms with van der Waals surface area (Å²) in [4.78, 5) is 52.8. The number of hydrogen-bond acceptors (Lipinski definition) is 7. The number of hydrogen-bond donors (Lipinski definition) is 4. The summed E-state index contributed by atoms with van der Waals surface area (Å²) in [7, 11) is 0. The Labute approximate surface area is 304 Å². The van der Waals surface area contributed by atoms with Gasteiger partial charge >= 0.3 is 12.1 Å². The van der Waals surface area contributed by atoms with Crippen molar-refractivity contribution in [2.75, 3.05) is 19.7 Å². The minimum atomic E-state index is -0.820. The molecule has 274 valence electrons. The Morgan fingerprint density at radius 3 is 2.23 bits per heavy atom. The van der Waals surface area contributed by atoms with Crippen LogP contribution in [0.4, 0.5) is 9.59 Å². The molecule has 2 fully saturated rings. The molecule has 3 atom stereocenters. The van der Waals surface area contributed by atoms with Crippen LogP contribution in [0.25, 0.3) is 11.1 Å². The van der Waals surface area contributed by atoms with Gasteiger partial charge in [-0.15, -0.1) is 0 Å². The van der Waals surface area contributed by atoms with Gasteiger partial charge in [-0.3, -0.25) is 14.5 Å². The van der Waals surface area contributed by atoms with Crippen molar-refractivity contribution in [2.45, 2.75) is 76.2 Å². The van der Waals surface area contributed by atoms with Crippen molar-refractivity contribution < 1.29 is 28.7 Å². The molecule has 0 aromatic heterocycles. The number of fused-ring (bicyclic) bond motifs is 3. The van der Waals surface area contributed by atoms with E-state index in [2.05, 4.69) is 45.4 Å². The summed E-state index contributed by atoms with van der Waals surface area (Å²) < 4.78 is 12.2. The highest BCUT2D eigenvalue weighted by atomic mass is 16.6. The van der Waals surface area contributed by atoms with E-state index in [0.29, 0.717) is 26.0 Å². The summed E-state index contributed by atoms with van der Waals surface area (Å²) >= 11 is 0. The number of urea groups is 1. The number of nitrogens with two attached hydrogens (primary N) is 1. The van der Waals surface area contributed by atoms with Crippen LogP contribution < -0.4 is 21.8 Å². The lowest BCUT2D eigenvalue weighted by molar-refractivity contribution is -0.125. The molecule has 3 aromatic carbocycles. The second-order valence-corrected chi connectivity index (χ2v) is 13.9. The lowest BCUT2D eigenvalue weighted by Gasteiger charge is -2.26. The summed E-state index contributed by atoms with van der Waals surface area (Å²) in [6, 6.07) is 24.3. The number of benzene rings is 3.